The maximum atomic E-state index is 10.0. The first-order chi connectivity index (χ1) is 5.21. The Bertz CT molecular complexity index is 182. The third kappa shape index (κ3) is 1.21. The van der Waals surface area contributed by atoms with Crippen LogP contribution in [0.15, 0.2) is 12.2 Å². The summed E-state index contributed by atoms with van der Waals surface area (Å²) in [7, 11) is 0. The van der Waals surface area contributed by atoms with Crippen LogP contribution in [0.4, 0.5) is 0 Å². The minimum absolute atomic E-state index is 0.190. The van der Waals surface area contributed by atoms with Crippen molar-refractivity contribution in [2.24, 2.45) is 5.92 Å². The van der Waals surface area contributed by atoms with Crippen molar-refractivity contribution in [3.8, 4) is 0 Å². The Labute approximate surface area is 67.3 Å². The van der Waals surface area contributed by atoms with Crippen molar-refractivity contribution in [3.05, 3.63) is 12.2 Å². The highest BCUT2D eigenvalue weighted by atomic mass is 16.3. The Kier molecular flexibility index (Phi) is 1.55. The molecule has 1 heterocycles. The number of hydrogen-bond acceptors (Lipinski definition) is 2. The van der Waals surface area contributed by atoms with Crippen LogP contribution >= 0.6 is 0 Å². The van der Waals surface area contributed by atoms with Gasteiger partial charge < -0.3 is 10.4 Å². The number of rotatable bonds is 2. The van der Waals surface area contributed by atoms with Gasteiger partial charge in [-0.2, -0.15) is 0 Å². The minimum Gasteiger partial charge on any atom is -0.388 e. The van der Waals surface area contributed by atoms with E-state index in [9.17, 15) is 5.11 Å². The largest absolute Gasteiger partial charge is 0.388 e. The second-order valence-electron chi connectivity index (χ2n) is 3.81. The summed E-state index contributed by atoms with van der Waals surface area (Å²) in [6, 6.07) is 0.190. The van der Waals surface area contributed by atoms with Crippen molar-refractivity contribution in [2.45, 2.75) is 31.4 Å². The SMILES string of the molecule is CC(O)(C1CC1)C1C=CCN1. The molecule has 1 aliphatic heterocycles. The van der Waals surface area contributed by atoms with Crippen molar-refractivity contribution < 1.29 is 5.11 Å². The molecule has 0 aromatic carbocycles. The average molecular weight is 153 g/mol. The zero-order chi connectivity index (χ0) is 7.90. The van der Waals surface area contributed by atoms with Crippen molar-refractivity contribution in [1.82, 2.24) is 5.32 Å². The highest BCUT2D eigenvalue weighted by Gasteiger charge is 2.44. The highest BCUT2D eigenvalue weighted by molar-refractivity contribution is 5.13. The summed E-state index contributed by atoms with van der Waals surface area (Å²) in [5.74, 6) is 0.530. The topological polar surface area (TPSA) is 32.3 Å². The van der Waals surface area contributed by atoms with E-state index < -0.39 is 5.60 Å². The molecule has 2 atom stereocenters. The zero-order valence-corrected chi connectivity index (χ0v) is 6.88. The molecular formula is C9H15NO. The summed E-state index contributed by atoms with van der Waals surface area (Å²) in [4.78, 5) is 0. The lowest BCUT2D eigenvalue weighted by Crippen LogP contribution is -2.46. The molecular weight excluding hydrogens is 138 g/mol. The molecule has 0 spiro atoms. The van der Waals surface area contributed by atoms with Crippen LogP contribution in [0.25, 0.3) is 0 Å². The first-order valence-electron chi connectivity index (χ1n) is 4.33. The Morgan fingerprint density at radius 1 is 1.55 bits per heavy atom. The lowest BCUT2D eigenvalue weighted by atomic mass is 9.92. The fraction of sp³-hybridized carbons (Fsp3) is 0.778. The van der Waals surface area contributed by atoms with Gasteiger partial charge in [-0.1, -0.05) is 12.2 Å². The van der Waals surface area contributed by atoms with Gasteiger partial charge in [-0.05, 0) is 25.7 Å². The van der Waals surface area contributed by atoms with Crippen LogP contribution in [0.1, 0.15) is 19.8 Å². The van der Waals surface area contributed by atoms with Crippen LogP contribution < -0.4 is 5.32 Å². The molecule has 0 saturated heterocycles. The summed E-state index contributed by atoms with van der Waals surface area (Å²) < 4.78 is 0. The van der Waals surface area contributed by atoms with Gasteiger partial charge in [0.2, 0.25) is 0 Å². The first-order valence-corrected chi connectivity index (χ1v) is 4.33. The summed E-state index contributed by atoms with van der Waals surface area (Å²) in [5.41, 5.74) is -0.507. The van der Waals surface area contributed by atoms with Gasteiger partial charge in [-0.25, -0.2) is 0 Å². The molecule has 2 nitrogen and oxygen atoms in total. The predicted molar refractivity (Wildman–Crippen MR) is 44.3 cm³/mol. The Hall–Kier alpha value is -0.340. The van der Waals surface area contributed by atoms with Crippen molar-refractivity contribution in [2.75, 3.05) is 6.54 Å². The van der Waals surface area contributed by atoms with Crippen molar-refractivity contribution in [1.29, 1.82) is 0 Å². The normalized spacial score (nSPS) is 35.6. The molecule has 2 rings (SSSR count). The molecule has 1 aliphatic carbocycles. The highest BCUT2D eigenvalue weighted by Crippen LogP contribution is 2.41. The van der Waals surface area contributed by atoms with Gasteiger partial charge in [0, 0.05) is 6.54 Å². The van der Waals surface area contributed by atoms with Gasteiger partial charge in [-0.15, -0.1) is 0 Å². The van der Waals surface area contributed by atoms with Gasteiger partial charge in [0.25, 0.3) is 0 Å². The van der Waals surface area contributed by atoms with E-state index in [1.54, 1.807) is 0 Å². The summed E-state index contributed by atoms with van der Waals surface area (Å²) in [6.07, 6.45) is 6.55. The second kappa shape index (κ2) is 2.32. The zero-order valence-electron chi connectivity index (χ0n) is 6.88. The van der Waals surface area contributed by atoms with Crippen LogP contribution in [0.2, 0.25) is 0 Å². The predicted octanol–water partition coefficient (Wildman–Crippen LogP) is 0.675. The molecule has 0 bridgehead atoms. The monoisotopic (exact) mass is 153 g/mol. The minimum atomic E-state index is -0.507. The fourth-order valence-electron chi connectivity index (χ4n) is 1.79. The third-order valence-corrected chi connectivity index (χ3v) is 2.82. The van der Waals surface area contributed by atoms with Gasteiger partial charge in [-0.3, -0.25) is 0 Å². The van der Waals surface area contributed by atoms with E-state index in [1.807, 2.05) is 6.92 Å². The second-order valence-corrected chi connectivity index (χ2v) is 3.81. The molecule has 0 radical (unpaired) electrons. The summed E-state index contributed by atoms with van der Waals surface area (Å²) >= 11 is 0. The molecule has 11 heavy (non-hydrogen) atoms. The molecule has 0 aromatic heterocycles. The molecule has 2 unspecified atom stereocenters. The number of hydrogen-bond donors (Lipinski definition) is 2. The third-order valence-electron chi connectivity index (χ3n) is 2.82. The van der Waals surface area contributed by atoms with Crippen LogP contribution in [0.3, 0.4) is 0 Å². The van der Waals surface area contributed by atoms with E-state index >= 15 is 0 Å². The van der Waals surface area contributed by atoms with Crippen LogP contribution in [0, 0.1) is 5.92 Å². The molecule has 1 saturated carbocycles. The Morgan fingerprint density at radius 3 is 2.73 bits per heavy atom. The molecule has 2 aliphatic rings. The standard InChI is InChI=1S/C9H15NO/c1-9(11,7-4-5-7)8-3-2-6-10-8/h2-3,7-8,10-11H,4-6H2,1H3. The average Bonchev–Trinajstić information content (AvgIpc) is 2.66. The molecule has 62 valence electrons. The van der Waals surface area contributed by atoms with Crippen LogP contribution in [-0.2, 0) is 0 Å². The van der Waals surface area contributed by atoms with Crippen molar-refractivity contribution >= 4 is 0 Å². The first kappa shape index (κ1) is 7.32. The fourth-order valence-corrected chi connectivity index (χ4v) is 1.79. The smallest absolute Gasteiger partial charge is 0.0835 e. The quantitative estimate of drug-likeness (QED) is 0.572. The Morgan fingerprint density at radius 2 is 2.27 bits per heavy atom. The lowest BCUT2D eigenvalue weighted by molar-refractivity contribution is 0.0166. The van der Waals surface area contributed by atoms with E-state index in [0.717, 1.165) is 6.54 Å². The van der Waals surface area contributed by atoms with Crippen molar-refractivity contribution in [3.63, 3.8) is 0 Å². The summed E-state index contributed by atoms with van der Waals surface area (Å²) in [5, 5.41) is 13.3. The van der Waals surface area contributed by atoms with Gasteiger partial charge in [0.05, 0.1) is 11.6 Å². The van der Waals surface area contributed by atoms with Gasteiger partial charge >= 0.3 is 0 Å². The van der Waals surface area contributed by atoms with Gasteiger partial charge in [0.15, 0.2) is 0 Å². The Balaban J connectivity index is 2.05. The van der Waals surface area contributed by atoms with Crippen LogP contribution in [-0.4, -0.2) is 23.3 Å². The molecule has 1 fully saturated rings. The van der Waals surface area contributed by atoms with Crippen LogP contribution in [0.5, 0.6) is 0 Å². The van der Waals surface area contributed by atoms with Gasteiger partial charge in [0.1, 0.15) is 0 Å². The number of aliphatic hydroxyl groups is 1. The maximum absolute atomic E-state index is 10.0. The molecule has 2 heteroatoms. The maximum Gasteiger partial charge on any atom is 0.0835 e. The van der Waals surface area contributed by atoms with E-state index in [1.165, 1.54) is 12.8 Å². The number of nitrogens with one attached hydrogen (secondary N) is 1. The molecule has 0 aromatic rings. The molecule has 2 N–H and O–H groups in total. The summed E-state index contributed by atoms with van der Waals surface area (Å²) in [6.45, 7) is 2.85. The van der Waals surface area contributed by atoms with E-state index in [0.29, 0.717) is 5.92 Å². The van der Waals surface area contributed by atoms with E-state index in [-0.39, 0.29) is 6.04 Å². The van der Waals surface area contributed by atoms with E-state index in [4.69, 9.17) is 0 Å². The lowest BCUT2D eigenvalue weighted by Gasteiger charge is -2.29. The van der Waals surface area contributed by atoms with E-state index in [2.05, 4.69) is 17.5 Å². The molecule has 0 amide bonds.